The summed E-state index contributed by atoms with van der Waals surface area (Å²) in [6.45, 7) is 0.390. The maximum atomic E-state index is 12.6. The van der Waals surface area contributed by atoms with Crippen molar-refractivity contribution in [2.75, 3.05) is 30.7 Å². The number of anilines is 1. The first-order chi connectivity index (χ1) is 13.3. The quantitative estimate of drug-likeness (QED) is 0.797. The van der Waals surface area contributed by atoms with E-state index in [0.717, 1.165) is 9.87 Å². The second-order valence-corrected chi connectivity index (χ2v) is 8.81. The minimum atomic E-state index is -3.66. The van der Waals surface area contributed by atoms with E-state index >= 15 is 0 Å². The van der Waals surface area contributed by atoms with Gasteiger partial charge in [-0.3, -0.25) is 9.59 Å². The standard InChI is InChI=1S/C20H23N3O4S/c1-22(2)18(15-7-4-3-5-8-15)14-21-20(25)16-9-6-10-17(13-16)23-19(24)11-12-28(23,26)27/h3-10,13,18H,11-12,14H2,1-2H3,(H,21,25). The molecule has 1 aliphatic rings. The van der Waals surface area contributed by atoms with Crippen molar-refractivity contribution in [3.05, 3.63) is 65.7 Å². The Balaban J connectivity index is 1.75. The van der Waals surface area contributed by atoms with Crippen molar-refractivity contribution in [3.63, 3.8) is 0 Å². The summed E-state index contributed by atoms with van der Waals surface area (Å²) in [5, 5.41) is 2.90. The highest BCUT2D eigenvalue weighted by Gasteiger charge is 2.36. The van der Waals surface area contributed by atoms with E-state index in [9.17, 15) is 18.0 Å². The van der Waals surface area contributed by atoms with Crippen LogP contribution in [0.25, 0.3) is 0 Å². The van der Waals surface area contributed by atoms with E-state index in [0.29, 0.717) is 12.1 Å². The third-order valence-corrected chi connectivity index (χ3v) is 6.38. The van der Waals surface area contributed by atoms with Gasteiger partial charge in [0.15, 0.2) is 0 Å². The van der Waals surface area contributed by atoms with Gasteiger partial charge in [-0.2, -0.15) is 0 Å². The molecule has 148 valence electrons. The van der Waals surface area contributed by atoms with Gasteiger partial charge in [-0.05, 0) is 37.9 Å². The fraction of sp³-hybridized carbons (Fsp3) is 0.300. The molecule has 7 nitrogen and oxygen atoms in total. The van der Waals surface area contributed by atoms with Crippen molar-refractivity contribution in [2.45, 2.75) is 12.5 Å². The van der Waals surface area contributed by atoms with Crippen LogP contribution in [0.1, 0.15) is 28.4 Å². The summed E-state index contributed by atoms with van der Waals surface area (Å²) >= 11 is 0. The van der Waals surface area contributed by atoms with Crippen LogP contribution < -0.4 is 9.62 Å². The second kappa shape index (κ2) is 8.12. The molecule has 0 spiro atoms. The van der Waals surface area contributed by atoms with E-state index in [2.05, 4.69) is 5.32 Å². The Morgan fingerprint density at radius 3 is 2.46 bits per heavy atom. The number of hydrogen-bond acceptors (Lipinski definition) is 5. The number of sulfonamides is 1. The molecule has 1 atom stereocenters. The Kier molecular flexibility index (Phi) is 5.81. The van der Waals surface area contributed by atoms with Gasteiger partial charge < -0.3 is 10.2 Å². The predicted molar refractivity (Wildman–Crippen MR) is 108 cm³/mol. The molecule has 1 N–H and O–H groups in total. The molecule has 1 saturated heterocycles. The zero-order chi connectivity index (χ0) is 20.3. The Labute approximate surface area is 165 Å². The number of hydrogen-bond donors (Lipinski definition) is 1. The van der Waals surface area contributed by atoms with Gasteiger partial charge in [0, 0.05) is 18.5 Å². The van der Waals surface area contributed by atoms with E-state index in [-0.39, 0.29) is 29.8 Å². The van der Waals surface area contributed by atoms with Crippen LogP contribution in [0.3, 0.4) is 0 Å². The first kappa shape index (κ1) is 20.0. The van der Waals surface area contributed by atoms with Crippen LogP contribution in [0.4, 0.5) is 5.69 Å². The average Bonchev–Trinajstić information content (AvgIpc) is 2.95. The lowest BCUT2D eigenvalue weighted by Crippen LogP contribution is -2.34. The maximum Gasteiger partial charge on any atom is 0.251 e. The summed E-state index contributed by atoms with van der Waals surface area (Å²) < 4.78 is 25.0. The lowest BCUT2D eigenvalue weighted by molar-refractivity contribution is -0.116. The van der Waals surface area contributed by atoms with Crippen LogP contribution in [0.15, 0.2) is 54.6 Å². The zero-order valence-electron chi connectivity index (χ0n) is 15.8. The van der Waals surface area contributed by atoms with Crippen LogP contribution >= 0.6 is 0 Å². The van der Waals surface area contributed by atoms with Crippen LogP contribution in [0, 0.1) is 0 Å². The molecule has 1 fully saturated rings. The lowest BCUT2D eigenvalue weighted by Gasteiger charge is -2.25. The van der Waals surface area contributed by atoms with Crippen LogP contribution in [-0.4, -0.2) is 51.5 Å². The fourth-order valence-electron chi connectivity index (χ4n) is 3.21. The normalized spacial score (nSPS) is 17.0. The van der Waals surface area contributed by atoms with E-state index in [4.69, 9.17) is 0 Å². The number of carbonyl (C=O) groups is 2. The van der Waals surface area contributed by atoms with Gasteiger partial charge in [0.05, 0.1) is 17.5 Å². The molecule has 2 aromatic carbocycles. The molecule has 3 rings (SSSR count). The van der Waals surface area contributed by atoms with Crippen molar-refractivity contribution < 1.29 is 18.0 Å². The first-order valence-corrected chi connectivity index (χ1v) is 10.6. The van der Waals surface area contributed by atoms with Crippen molar-refractivity contribution in [1.29, 1.82) is 0 Å². The highest BCUT2D eigenvalue weighted by Crippen LogP contribution is 2.26. The number of carbonyl (C=O) groups excluding carboxylic acids is 2. The Morgan fingerprint density at radius 1 is 1.14 bits per heavy atom. The number of likely N-dealkylation sites (N-methyl/N-ethyl adjacent to an activating group) is 1. The molecule has 2 aromatic rings. The van der Waals surface area contributed by atoms with Gasteiger partial charge in [-0.15, -0.1) is 0 Å². The third-order valence-electron chi connectivity index (χ3n) is 4.69. The molecule has 2 amide bonds. The van der Waals surface area contributed by atoms with Crippen LogP contribution in [-0.2, 0) is 14.8 Å². The summed E-state index contributed by atoms with van der Waals surface area (Å²) in [6, 6.07) is 16.0. The van der Waals surface area contributed by atoms with E-state index in [1.165, 1.54) is 12.1 Å². The lowest BCUT2D eigenvalue weighted by atomic mass is 10.1. The number of rotatable bonds is 6. The van der Waals surface area contributed by atoms with Crippen LogP contribution in [0.5, 0.6) is 0 Å². The van der Waals surface area contributed by atoms with Gasteiger partial charge in [0.2, 0.25) is 15.9 Å². The predicted octanol–water partition coefficient (Wildman–Crippen LogP) is 1.79. The van der Waals surface area contributed by atoms with Crippen molar-refractivity contribution in [2.24, 2.45) is 0 Å². The Hall–Kier alpha value is -2.71. The molecule has 28 heavy (non-hydrogen) atoms. The monoisotopic (exact) mass is 401 g/mol. The number of nitrogens with one attached hydrogen (secondary N) is 1. The van der Waals surface area contributed by atoms with Crippen molar-refractivity contribution >= 4 is 27.5 Å². The zero-order valence-corrected chi connectivity index (χ0v) is 16.6. The fourth-order valence-corrected chi connectivity index (χ4v) is 4.66. The highest BCUT2D eigenvalue weighted by atomic mass is 32.2. The SMILES string of the molecule is CN(C)C(CNC(=O)c1cccc(N2C(=O)CCS2(=O)=O)c1)c1ccccc1. The summed E-state index contributed by atoms with van der Waals surface area (Å²) in [6.07, 6.45) is -0.0413. The smallest absolute Gasteiger partial charge is 0.251 e. The van der Waals surface area contributed by atoms with Gasteiger partial charge in [0.1, 0.15) is 0 Å². The van der Waals surface area contributed by atoms with Gasteiger partial charge in [-0.25, -0.2) is 12.7 Å². The summed E-state index contributed by atoms with van der Waals surface area (Å²) in [7, 11) is 0.218. The van der Waals surface area contributed by atoms with E-state index < -0.39 is 15.9 Å². The van der Waals surface area contributed by atoms with E-state index in [1.54, 1.807) is 12.1 Å². The van der Waals surface area contributed by atoms with Gasteiger partial charge in [-0.1, -0.05) is 36.4 Å². The number of nitrogens with zero attached hydrogens (tertiary/aromatic N) is 2. The molecule has 0 aliphatic carbocycles. The molecule has 0 aromatic heterocycles. The molecule has 1 unspecified atom stereocenters. The molecule has 1 heterocycles. The first-order valence-electron chi connectivity index (χ1n) is 8.95. The average molecular weight is 401 g/mol. The topological polar surface area (TPSA) is 86.8 Å². The summed E-state index contributed by atoms with van der Waals surface area (Å²) in [5.41, 5.74) is 1.58. The largest absolute Gasteiger partial charge is 0.350 e. The van der Waals surface area contributed by atoms with Crippen molar-refractivity contribution in [1.82, 2.24) is 10.2 Å². The molecule has 0 saturated carbocycles. The minimum absolute atomic E-state index is 0.00568. The maximum absolute atomic E-state index is 12.6. The molecular weight excluding hydrogens is 378 g/mol. The molecule has 0 bridgehead atoms. The molecule has 1 aliphatic heterocycles. The second-order valence-electron chi connectivity index (χ2n) is 6.87. The number of amides is 2. The van der Waals surface area contributed by atoms with Gasteiger partial charge >= 0.3 is 0 Å². The summed E-state index contributed by atoms with van der Waals surface area (Å²) in [5.74, 6) is -1.01. The van der Waals surface area contributed by atoms with Crippen LogP contribution in [0.2, 0.25) is 0 Å². The third kappa shape index (κ3) is 4.23. The Morgan fingerprint density at radius 2 is 1.86 bits per heavy atom. The van der Waals surface area contributed by atoms with E-state index in [1.807, 2.05) is 49.3 Å². The molecule has 0 radical (unpaired) electrons. The molecular formula is C20H23N3O4S. The van der Waals surface area contributed by atoms with Gasteiger partial charge in [0.25, 0.3) is 5.91 Å². The molecule has 8 heteroatoms. The Bertz CT molecular complexity index is 974. The minimum Gasteiger partial charge on any atom is -0.350 e. The highest BCUT2D eigenvalue weighted by molar-refractivity contribution is 7.94. The summed E-state index contributed by atoms with van der Waals surface area (Å²) in [4.78, 5) is 26.6. The van der Waals surface area contributed by atoms with Crippen molar-refractivity contribution in [3.8, 4) is 0 Å². The number of benzene rings is 2.